The number of nitrogens with zero attached hydrogens (tertiary/aromatic N) is 1. The van der Waals surface area contributed by atoms with Gasteiger partial charge in [0.2, 0.25) is 0 Å². The molecule has 0 atom stereocenters. The molecule has 0 aliphatic carbocycles. The van der Waals surface area contributed by atoms with Crippen LogP contribution in [-0.4, -0.2) is 13.1 Å². The van der Waals surface area contributed by atoms with E-state index in [-0.39, 0.29) is 5.82 Å². The highest BCUT2D eigenvalue weighted by Gasteiger charge is 2.05. The minimum Gasteiger partial charge on any atom is -0.397 e. The summed E-state index contributed by atoms with van der Waals surface area (Å²) >= 11 is 0. The summed E-state index contributed by atoms with van der Waals surface area (Å²) < 4.78 is 12.7. The second-order valence-corrected chi connectivity index (χ2v) is 2.88. The number of anilines is 2. The summed E-state index contributed by atoms with van der Waals surface area (Å²) in [4.78, 5) is 2.09. The largest absolute Gasteiger partial charge is 0.397 e. The number of hydrogen-bond donors (Lipinski definition) is 1. The SMILES string of the molecule is CCN(CC)c1ccc(F)cc1N. The first kappa shape index (κ1) is 9.84. The molecule has 0 unspecified atom stereocenters. The minimum atomic E-state index is -0.284. The molecule has 72 valence electrons. The summed E-state index contributed by atoms with van der Waals surface area (Å²) in [5, 5.41) is 0. The zero-order chi connectivity index (χ0) is 9.84. The maximum atomic E-state index is 12.7. The van der Waals surface area contributed by atoms with Crippen LogP contribution in [0.2, 0.25) is 0 Å². The van der Waals surface area contributed by atoms with Gasteiger partial charge in [-0.3, -0.25) is 0 Å². The summed E-state index contributed by atoms with van der Waals surface area (Å²) in [6.45, 7) is 5.86. The second kappa shape index (κ2) is 4.12. The molecule has 2 nitrogen and oxygen atoms in total. The highest BCUT2D eigenvalue weighted by Crippen LogP contribution is 2.23. The molecule has 0 fully saturated rings. The number of rotatable bonds is 3. The van der Waals surface area contributed by atoms with Crippen molar-refractivity contribution >= 4 is 11.4 Å². The number of hydrogen-bond acceptors (Lipinski definition) is 2. The van der Waals surface area contributed by atoms with Crippen molar-refractivity contribution in [1.29, 1.82) is 0 Å². The molecule has 0 bridgehead atoms. The van der Waals surface area contributed by atoms with Crippen molar-refractivity contribution in [3.63, 3.8) is 0 Å². The molecule has 0 aliphatic heterocycles. The zero-order valence-electron chi connectivity index (χ0n) is 8.05. The van der Waals surface area contributed by atoms with Crippen LogP contribution in [0.5, 0.6) is 0 Å². The third kappa shape index (κ3) is 2.11. The van der Waals surface area contributed by atoms with E-state index >= 15 is 0 Å². The quantitative estimate of drug-likeness (QED) is 0.726. The fraction of sp³-hybridized carbons (Fsp3) is 0.400. The van der Waals surface area contributed by atoms with Gasteiger partial charge in [0, 0.05) is 13.1 Å². The normalized spacial score (nSPS) is 10.1. The monoisotopic (exact) mass is 182 g/mol. The Balaban J connectivity index is 2.99. The van der Waals surface area contributed by atoms with Gasteiger partial charge in [-0.2, -0.15) is 0 Å². The van der Waals surface area contributed by atoms with Crippen LogP contribution >= 0.6 is 0 Å². The van der Waals surface area contributed by atoms with Crippen LogP contribution in [-0.2, 0) is 0 Å². The predicted molar refractivity (Wildman–Crippen MR) is 54.4 cm³/mol. The third-order valence-electron chi connectivity index (χ3n) is 2.09. The smallest absolute Gasteiger partial charge is 0.125 e. The summed E-state index contributed by atoms with van der Waals surface area (Å²) in [5.41, 5.74) is 7.10. The van der Waals surface area contributed by atoms with Crippen LogP contribution in [0.4, 0.5) is 15.8 Å². The Morgan fingerprint density at radius 2 is 1.92 bits per heavy atom. The predicted octanol–water partition coefficient (Wildman–Crippen LogP) is 2.25. The molecule has 0 spiro atoms. The van der Waals surface area contributed by atoms with Crippen molar-refractivity contribution in [2.24, 2.45) is 0 Å². The summed E-state index contributed by atoms with van der Waals surface area (Å²) in [5.74, 6) is -0.284. The van der Waals surface area contributed by atoms with Crippen molar-refractivity contribution in [2.45, 2.75) is 13.8 Å². The second-order valence-electron chi connectivity index (χ2n) is 2.88. The molecule has 0 amide bonds. The summed E-state index contributed by atoms with van der Waals surface area (Å²) in [6.07, 6.45) is 0. The molecule has 0 saturated heterocycles. The average Bonchev–Trinajstić information content (AvgIpc) is 2.10. The topological polar surface area (TPSA) is 29.3 Å². The molecule has 1 aromatic carbocycles. The molecule has 1 rings (SSSR count). The van der Waals surface area contributed by atoms with Gasteiger partial charge in [-0.25, -0.2) is 4.39 Å². The first-order valence-corrected chi connectivity index (χ1v) is 4.49. The highest BCUT2D eigenvalue weighted by molar-refractivity contribution is 5.67. The first-order valence-electron chi connectivity index (χ1n) is 4.49. The van der Waals surface area contributed by atoms with E-state index in [1.807, 2.05) is 13.8 Å². The van der Waals surface area contributed by atoms with E-state index < -0.39 is 0 Å². The average molecular weight is 182 g/mol. The lowest BCUT2D eigenvalue weighted by molar-refractivity contribution is 0.628. The van der Waals surface area contributed by atoms with E-state index in [0.29, 0.717) is 5.69 Å². The Morgan fingerprint density at radius 1 is 1.31 bits per heavy atom. The van der Waals surface area contributed by atoms with Gasteiger partial charge in [-0.05, 0) is 32.0 Å². The van der Waals surface area contributed by atoms with Crippen LogP contribution in [0, 0.1) is 5.82 Å². The summed E-state index contributed by atoms with van der Waals surface area (Å²) in [6, 6.07) is 4.51. The van der Waals surface area contributed by atoms with Gasteiger partial charge >= 0.3 is 0 Å². The van der Waals surface area contributed by atoms with Crippen LogP contribution < -0.4 is 10.6 Å². The van der Waals surface area contributed by atoms with E-state index in [9.17, 15) is 4.39 Å². The molecule has 0 saturated carbocycles. The maximum absolute atomic E-state index is 12.7. The van der Waals surface area contributed by atoms with Gasteiger partial charge in [0.25, 0.3) is 0 Å². The van der Waals surface area contributed by atoms with Gasteiger partial charge in [0.15, 0.2) is 0 Å². The first-order chi connectivity index (χ1) is 6.19. The van der Waals surface area contributed by atoms with Crippen molar-refractivity contribution in [1.82, 2.24) is 0 Å². The van der Waals surface area contributed by atoms with Gasteiger partial charge in [0.1, 0.15) is 5.82 Å². The third-order valence-corrected chi connectivity index (χ3v) is 2.09. The Labute approximate surface area is 78.2 Å². The van der Waals surface area contributed by atoms with Crippen LogP contribution in [0.25, 0.3) is 0 Å². The van der Waals surface area contributed by atoms with E-state index in [4.69, 9.17) is 5.73 Å². The molecular formula is C10H15FN2. The van der Waals surface area contributed by atoms with Crippen LogP contribution in [0.15, 0.2) is 18.2 Å². The van der Waals surface area contributed by atoms with E-state index in [1.165, 1.54) is 12.1 Å². The molecule has 0 radical (unpaired) electrons. The highest BCUT2D eigenvalue weighted by atomic mass is 19.1. The minimum absolute atomic E-state index is 0.284. The molecule has 0 heterocycles. The lowest BCUT2D eigenvalue weighted by Gasteiger charge is -2.22. The lowest BCUT2D eigenvalue weighted by atomic mass is 10.2. The van der Waals surface area contributed by atoms with Crippen molar-refractivity contribution in [2.75, 3.05) is 23.7 Å². The molecule has 1 aromatic rings. The molecule has 0 aliphatic rings. The number of nitrogens with two attached hydrogens (primary N) is 1. The Morgan fingerprint density at radius 3 is 2.38 bits per heavy atom. The van der Waals surface area contributed by atoms with Crippen molar-refractivity contribution in [3.8, 4) is 0 Å². The zero-order valence-corrected chi connectivity index (χ0v) is 8.05. The Bertz CT molecular complexity index is 282. The summed E-state index contributed by atoms with van der Waals surface area (Å²) in [7, 11) is 0. The molecule has 3 heteroatoms. The van der Waals surface area contributed by atoms with E-state index in [2.05, 4.69) is 4.90 Å². The number of benzene rings is 1. The van der Waals surface area contributed by atoms with Crippen molar-refractivity contribution < 1.29 is 4.39 Å². The van der Waals surface area contributed by atoms with Crippen molar-refractivity contribution in [3.05, 3.63) is 24.0 Å². The van der Waals surface area contributed by atoms with Gasteiger partial charge < -0.3 is 10.6 Å². The van der Waals surface area contributed by atoms with Gasteiger partial charge in [0.05, 0.1) is 11.4 Å². The van der Waals surface area contributed by atoms with E-state index in [1.54, 1.807) is 6.07 Å². The van der Waals surface area contributed by atoms with Gasteiger partial charge in [-0.15, -0.1) is 0 Å². The maximum Gasteiger partial charge on any atom is 0.125 e. The van der Waals surface area contributed by atoms with Crippen LogP contribution in [0.1, 0.15) is 13.8 Å². The van der Waals surface area contributed by atoms with Crippen LogP contribution in [0.3, 0.4) is 0 Å². The molecule has 13 heavy (non-hydrogen) atoms. The number of halogens is 1. The van der Waals surface area contributed by atoms with E-state index in [0.717, 1.165) is 18.8 Å². The lowest BCUT2D eigenvalue weighted by Crippen LogP contribution is -2.22. The Hall–Kier alpha value is -1.25. The van der Waals surface area contributed by atoms with Gasteiger partial charge in [-0.1, -0.05) is 0 Å². The fourth-order valence-electron chi connectivity index (χ4n) is 1.38. The molecular weight excluding hydrogens is 167 g/mol. The number of nitrogen functional groups attached to an aromatic ring is 1. The standard InChI is InChI=1S/C10H15FN2/c1-3-13(4-2)10-6-5-8(11)7-9(10)12/h5-7H,3-4,12H2,1-2H3. The molecule has 2 N–H and O–H groups in total. The Kier molecular flexibility index (Phi) is 3.12. The molecule has 0 aromatic heterocycles. The fourth-order valence-corrected chi connectivity index (χ4v) is 1.38.